The Hall–Kier alpha value is -2.97. The summed E-state index contributed by atoms with van der Waals surface area (Å²) in [6, 6.07) is 14.8. The van der Waals surface area contributed by atoms with Gasteiger partial charge < -0.3 is 16.4 Å². The van der Waals surface area contributed by atoms with Crippen LogP contribution in [0.3, 0.4) is 0 Å². The summed E-state index contributed by atoms with van der Waals surface area (Å²) in [6.07, 6.45) is 2.20. The molecule has 0 atom stereocenters. The summed E-state index contributed by atoms with van der Waals surface area (Å²) < 4.78 is 0. The Kier molecular flexibility index (Phi) is 6.44. The number of hydrogen-bond acceptors (Lipinski definition) is 4. The van der Waals surface area contributed by atoms with E-state index >= 15 is 0 Å². The van der Waals surface area contributed by atoms with Crippen molar-refractivity contribution in [2.75, 3.05) is 17.6 Å². The lowest BCUT2D eigenvalue weighted by molar-refractivity contribution is -0.112. The van der Waals surface area contributed by atoms with Crippen molar-refractivity contribution in [1.82, 2.24) is 5.32 Å². The minimum absolute atomic E-state index is 0.0307. The molecule has 0 unspecified atom stereocenters. The first-order valence-electron chi connectivity index (χ1n) is 7.75. The van der Waals surface area contributed by atoms with Gasteiger partial charge >= 0.3 is 0 Å². The van der Waals surface area contributed by atoms with Crippen molar-refractivity contribution in [2.45, 2.75) is 13.3 Å². The molecular weight excluding hydrogens is 336 g/mol. The molecule has 25 heavy (non-hydrogen) atoms. The van der Waals surface area contributed by atoms with Gasteiger partial charge in [-0.1, -0.05) is 41.4 Å². The van der Waals surface area contributed by atoms with Crippen molar-refractivity contribution in [3.05, 3.63) is 70.4 Å². The van der Waals surface area contributed by atoms with E-state index in [1.807, 2.05) is 13.0 Å². The lowest BCUT2D eigenvalue weighted by Gasteiger charge is -2.08. The molecule has 0 aromatic heterocycles. The summed E-state index contributed by atoms with van der Waals surface area (Å²) in [4.78, 5) is 12.2. The number of halogens is 1. The van der Waals surface area contributed by atoms with Crippen molar-refractivity contribution < 1.29 is 4.79 Å². The van der Waals surface area contributed by atoms with Crippen LogP contribution in [0.2, 0.25) is 5.02 Å². The van der Waals surface area contributed by atoms with Crippen molar-refractivity contribution in [3.8, 4) is 6.07 Å². The van der Waals surface area contributed by atoms with Crippen LogP contribution in [0.5, 0.6) is 0 Å². The molecule has 0 radical (unpaired) electrons. The zero-order valence-corrected chi connectivity index (χ0v) is 14.6. The molecule has 0 aliphatic heterocycles. The monoisotopic (exact) mass is 354 g/mol. The molecule has 2 rings (SSSR count). The Morgan fingerprint density at radius 2 is 2.00 bits per heavy atom. The molecule has 0 spiro atoms. The fourth-order valence-electron chi connectivity index (χ4n) is 2.12. The molecule has 2 aromatic rings. The highest BCUT2D eigenvalue weighted by Gasteiger charge is 2.11. The van der Waals surface area contributed by atoms with Gasteiger partial charge in [0.05, 0.1) is 10.7 Å². The largest absolute Gasteiger partial charge is 0.399 e. The van der Waals surface area contributed by atoms with Gasteiger partial charge in [-0.2, -0.15) is 5.26 Å². The molecule has 128 valence electrons. The molecule has 0 fully saturated rings. The summed E-state index contributed by atoms with van der Waals surface area (Å²) >= 11 is 6.01. The zero-order chi connectivity index (χ0) is 18.2. The van der Waals surface area contributed by atoms with Crippen molar-refractivity contribution in [3.63, 3.8) is 0 Å². The molecule has 2 aromatic carbocycles. The summed E-state index contributed by atoms with van der Waals surface area (Å²) in [7, 11) is 0. The van der Waals surface area contributed by atoms with E-state index in [4.69, 9.17) is 22.6 Å². The van der Waals surface area contributed by atoms with Crippen LogP contribution in [0.15, 0.2) is 54.2 Å². The minimum Gasteiger partial charge on any atom is -0.399 e. The number of rotatable bonds is 6. The third-order valence-corrected chi connectivity index (χ3v) is 3.84. The van der Waals surface area contributed by atoms with Crippen LogP contribution >= 0.6 is 11.6 Å². The van der Waals surface area contributed by atoms with Crippen molar-refractivity contribution in [2.24, 2.45) is 0 Å². The third-order valence-electron chi connectivity index (χ3n) is 3.53. The molecule has 0 heterocycles. The van der Waals surface area contributed by atoms with Gasteiger partial charge in [0, 0.05) is 18.4 Å². The highest BCUT2D eigenvalue weighted by atomic mass is 35.5. The average Bonchev–Trinajstić information content (AvgIpc) is 2.59. The second kappa shape index (κ2) is 8.76. The first-order valence-corrected chi connectivity index (χ1v) is 8.13. The third kappa shape index (κ3) is 5.55. The van der Waals surface area contributed by atoms with E-state index in [0.29, 0.717) is 22.9 Å². The van der Waals surface area contributed by atoms with Gasteiger partial charge in [-0.15, -0.1) is 0 Å². The number of anilines is 2. The number of hydrogen-bond donors (Lipinski definition) is 3. The van der Waals surface area contributed by atoms with Crippen LogP contribution in [0.1, 0.15) is 11.1 Å². The number of aryl methyl sites for hydroxylation is 1. The molecule has 0 saturated carbocycles. The summed E-state index contributed by atoms with van der Waals surface area (Å²) in [6.45, 7) is 2.65. The van der Waals surface area contributed by atoms with Gasteiger partial charge in [-0.25, -0.2) is 0 Å². The van der Waals surface area contributed by atoms with E-state index < -0.39 is 5.91 Å². The quantitative estimate of drug-likeness (QED) is 0.321. The second-order valence-corrected chi connectivity index (χ2v) is 5.96. The number of nitrogens with zero attached hydrogens (tertiary/aromatic N) is 1. The first kappa shape index (κ1) is 18.4. The molecular formula is C19H19ClN4O. The maximum Gasteiger partial charge on any atom is 0.267 e. The second-order valence-electron chi connectivity index (χ2n) is 5.55. The van der Waals surface area contributed by atoms with Crippen LogP contribution in [-0.2, 0) is 11.2 Å². The fraction of sp³-hybridized carbons (Fsp3) is 0.158. The Labute approximate surface area is 152 Å². The number of nitrogen functional groups attached to an aromatic ring is 1. The summed E-state index contributed by atoms with van der Waals surface area (Å²) in [5.74, 6) is -0.531. The lowest BCUT2D eigenvalue weighted by atomic mass is 10.1. The molecule has 1 amide bonds. The van der Waals surface area contributed by atoms with E-state index in [1.54, 1.807) is 12.1 Å². The van der Waals surface area contributed by atoms with Crippen molar-refractivity contribution >= 4 is 28.9 Å². The normalized spacial score (nSPS) is 10.8. The van der Waals surface area contributed by atoms with Crippen molar-refractivity contribution in [1.29, 1.82) is 5.26 Å². The zero-order valence-electron chi connectivity index (χ0n) is 13.8. The molecule has 0 bridgehead atoms. The first-order chi connectivity index (χ1) is 12.0. The topological polar surface area (TPSA) is 90.9 Å². The molecule has 0 saturated heterocycles. The maximum atomic E-state index is 12.2. The van der Waals surface area contributed by atoms with Gasteiger partial charge in [-0.3, -0.25) is 4.79 Å². The molecule has 0 aliphatic rings. The number of carbonyl (C=O) groups is 1. The Bertz CT molecular complexity index is 822. The van der Waals surface area contributed by atoms with Gasteiger partial charge in [-0.05, 0) is 37.1 Å². The van der Waals surface area contributed by atoms with E-state index in [9.17, 15) is 4.79 Å². The SMILES string of the molecule is Cc1ccc(CCN/C=C(/C#N)C(=O)Nc2ccc(N)cc2Cl)cc1. The summed E-state index contributed by atoms with van der Waals surface area (Å²) in [5, 5.41) is 15.1. The highest BCUT2D eigenvalue weighted by molar-refractivity contribution is 6.34. The van der Waals surface area contributed by atoms with Crippen LogP contribution in [-0.4, -0.2) is 12.5 Å². The number of nitrogens with one attached hydrogen (secondary N) is 2. The standard InChI is InChI=1S/C19H19ClN4O/c1-13-2-4-14(5-3-13)8-9-23-12-15(11-21)19(25)24-18-7-6-16(22)10-17(18)20/h2-7,10,12,23H,8-9,22H2,1H3,(H,24,25)/b15-12-. The predicted octanol–water partition coefficient (Wildman–Crippen LogP) is 3.41. The van der Waals surface area contributed by atoms with E-state index in [1.165, 1.54) is 23.4 Å². The Morgan fingerprint density at radius 1 is 1.28 bits per heavy atom. The van der Waals surface area contributed by atoms with Crippen LogP contribution in [0, 0.1) is 18.3 Å². The number of nitrogens with two attached hydrogens (primary N) is 1. The molecule has 0 aliphatic carbocycles. The molecule has 5 nitrogen and oxygen atoms in total. The Balaban J connectivity index is 1.91. The van der Waals surface area contributed by atoms with Crippen LogP contribution < -0.4 is 16.4 Å². The molecule has 6 heteroatoms. The fourth-order valence-corrected chi connectivity index (χ4v) is 2.35. The number of amides is 1. The van der Waals surface area contributed by atoms with E-state index in [-0.39, 0.29) is 5.57 Å². The van der Waals surface area contributed by atoms with E-state index in [0.717, 1.165) is 6.42 Å². The Morgan fingerprint density at radius 3 is 2.64 bits per heavy atom. The van der Waals surface area contributed by atoms with Gasteiger partial charge in [0.1, 0.15) is 11.6 Å². The van der Waals surface area contributed by atoms with E-state index in [2.05, 4.69) is 34.9 Å². The van der Waals surface area contributed by atoms with Gasteiger partial charge in [0.15, 0.2) is 0 Å². The summed E-state index contributed by atoms with van der Waals surface area (Å²) in [5.41, 5.74) is 8.87. The minimum atomic E-state index is -0.531. The predicted molar refractivity (Wildman–Crippen MR) is 101 cm³/mol. The van der Waals surface area contributed by atoms with Gasteiger partial charge in [0.25, 0.3) is 5.91 Å². The van der Waals surface area contributed by atoms with Crippen LogP contribution in [0.4, 0.5) is 11.4 Å². The average molecular weight is 355 g/mol. The lowest BCUT2D eigenvalue weighted by Crippen LogP contribution is -2.18. The maximum absolute atomic E-state index is 12.2. The number of carbonyl (C=O) groups excluding carboxylic acids is 1. The molecule has 4 N–H and O–H groups in total. The smallest absolute Gasteiger partial charge is 0.267 e. The highest BCUT2D eigenvalue weighted by Crippen LogP contribution is 2.24. The number of nitriles is 1. The van der Waals surface area contributed by atoms with Crippen LogP contribution in [0.25, 0.3) is 0 Å². The van der Waals surface area contributed by atoms with Gasteiger partial charge in [0.2, 0.25) is 0 Å². The number of benzene rings is 2.